The SMILES string of the molecule is CC1(C)CC(=O)C2=C(C1)N(c1cccc([N+](=O)[O-])c1)C(N)=C(C#N)[C@H]2c1ccsc1. The van der Waals surface area contributed by atoms with Gasteiger partial charge in [-0.25, -0.2) is 0 Å². The van der Waals surface area contributed by atoms with Crippen molar-refractivity contribution < 1.29 is 9.72 Å². The summed E-state index contributed by atoms with van der Waals surface area (Å²) >= 11 is 1.49. The quantitative estimate of drug-likeness (QED) is 0.573. The summed E-state index contributed by atoms with van der Waals surface area (Å²) in [7, 11) is 0. The Morgan fingerprint density at radius 2 is 2.10 bits per heavy atom. The minimum absolute atomic E-state index is 0.0202. The van der Waals surface area contributed by atoms with E-state index in [2.05, 4.69) is 6.07 Å². The Morgan fingerprint density at radius 1 is 1.33 bits per heavy atom. The topological polar surface area (TPSA) is 113 Å². The number of anilines is 1. The number of ketones is 1. The summed E-state index contributed by atoms with van der Waals surface area (Å²) in [6, 6.07) is 10.2. The molecule has 2 N–H and O–H groups in total. The van der Waals surface area contributed by atoms with Crippen LogP contribution in [-0.4, -0.2) is 10.7 Å². The molecule has 0 unspecified atom stereocenters. The van der Waals surface area contributed by atoms with E-state index in [0.29, 0.717) is 29.8 Å². The zero-order chi connectivity index (χ0) is 21.6. The van der Waals surface area contributed by atoms with Gasteiger partial charge in [0.1, 0.15) is 5.82 Å². The molecule has 7 nitrogen and oxygen atoms in total. The number of thiophene rings is 1. The number of allylic oxidation sites excluding steroid dienone is 3. The van der Waals surface area contributed by atoms with Gasteiger partial charge in [-0.3, -0.25) is 19.8 Å². The molecule has 0 spiro atoms. The number of nitrogens with zero attached hydrogens (tertiary/aromatic N) is 3. The summed E-state index contributed by atoms with van der Waals surface area (Å²) in [5, 5.41) is 25.1. The number of benzene rings is 1. The zero-order valence-electron chi connectivity index (χ0n) is 16.6. The fourth-order valence-corrected chi connectivity index (χ4v) is 5.01. The van der Waals surface area contributed by atoms with Gasteiger partial charge in [-0.05, 0) is 40.3 Å². The number of nitriles is 1. The second kappa shape index (κ2) is 7.11. The number of Topliss-reactive ketones (excluding diaryl/α,β-unsaturated/α-hetero) is 1. The zero-order valence-corrected chi connectivity index (χ0v) is 17.4. The molecule has 1 aliphatic heterocycles. The van der Waals surface area contributed by atoms with Crippen molar-refractivity contribution in [3.63, 3.8) is 0 Å². The highest BCUT2D eigenvalue weighted by molar-refractivity contribution is 7.08. The van der Waals surface area contributed by atoms with E-state index in [-0.39, 0.29) is 28.3 Å². The Labute approximate surface area is 177 Å². The van der Waals surface area contributed by atoms with Crippen molar-refractivity contribution in [2.75, 3.05) is 4.90 Å². The number of hydrogen-bond acceptors (Lipinski definition) is 7. The maximum absolute atomic E-state index is 13.3. The number of carbonyl (C=O) groups excluding carboxylic acids is 1. The summed E-state index contributed by atoms with van der Waals surface area (Å²) in [5.74, 6) is -0.332. The lowest BCUT2D eigenvalue weighted by Gasteiger charge is -2.43. The van der Waals surface area contributed by atoms with E-state index in [4.69, 9.17) is 5.73 Å². The minimum Gasteiger partial charge on any atom is -0.384 e. The fourth-order valence-electron chi connectivity index (χ4n) is 4.32. The molecule has 0 amide bonds. The molecule has 0 fully saturated rings. The first-order valence-corrected chi connectivity index (χ1v) is 10.4. The Balaban J connectivity index is 1.99. The summed E-state index contributed by atoms with van der Waals surface area (Å²) < 4.78 is 0. The fraction of sp³-hybridized carbons (Fsp3) is 0.273. The van der Waals surface area contributed by atoms with E-state index >= 15 is 0 Å². The van der Waals surface area contributed by atoms with Crippen LogP contribution < -0.4 is 10.6 Å². The monoisotopic (exact) mass is 420 g/mol. The van der Waals surface area contributed by atoms with E-state index in [1.54, 1.807) is 17.0 Å². The van der Waals surface area contributed by atoms with Crippen molar-refractivity contribution in [3.05, 3.63) is 79.4 Å². The number of nitro benzene ring substituents is 1. The summed E-state index contributed by atoms with van der Waals surface area (Å²) in [6.45, 7) is 4.03. The molecule has 2 aromatic rings. The van der Waals surface area contributed by atoms with Gasteiger partial charge in [-0.2, -0.15) is 16.6 Å². The summed E-state index contributed by atoms with van der Waals surface area (Å²) in [4.78, 5) is 25.8. The molecule has 152 valence electrons. The van der Waals surface area contributed by atoms with Crippen LogP contribution in [0.1, 0.15) is 38.2 Å². The largest absolute Gasteiger partial charge is 0.384 e. The number of rotatable bonds is 3. The van der Waals surface area contributed by atoms with Crippen molar-refractivity contribution in [1.82, 2.24) is 0 Å². The van der Waals surface area contributed by atoms with Gasteiger partial charge >= 0.3 is 0 Å². The molecular formula is C22H20N4O3S. The Bertz CT molecular complexity index is 1160. The molecular weight excluding hydrogens is 400 g/mol. The molecule has 8 heteroatoms. The van der Waals surface area contributed by atoms with Gasteiger partial charge in [-0.1, -0.05) is 19.9 Å². The standard InChI is InChI=1S/C22H20N4O3S/c1-22(2)9-17-20(18(27)10-22)19(13-6-7-30-12-13)16(11-23)21(24)25(17)14-4-3-5-15(8-14)26(28)29/h3-8,12,19H,9-10,24H2,1-2H3/t19-/m1/s1. The minimum atomic E-state index is -0.519. The lowest BCUT2D eigenvalue weighted by molar-refractivity contribution is -0.384. The van der Waals surface area contributed by atoms with Gasteiger partial charge in [0.2, 0.25) is 0 Å². The van der Waals surface area contributed by atoms with E-state index in [0.717, 1.165) is 5.56 Å². The molecule has 4 rings (SSSR count). The van der Waals surface area contributed by atoms with Crippen molar-refractivity contribution in [2.24, 2.45) is 11.1 Å². The van der Waals surface area contributed by atoms with Gasteiger partial charge in [0.15, 0.2) is 5.78 Å². The normalized spacial score (nSPS) is 20.8. The maximum atomic E-state index is 13.3. The van der Waals surface area contributed by atoms with E-state index < -0.39 is 10.8 Å². The average Bonchev–Trinajstić information content (AvgIpc) is 3.20. The van der Waals surface area contributed by atoms with Crippen molar-refractivity contribution in [1.29, 1.82) is 5.26 Å². The van der Waals surface area contributed by atoms with Crippen molar-refractivity contribution in [2.45, 2.75) is 32.6 Å². The predicted molar refractivity (Wildman–Crippen MR) is 115 cm³/mol. The highest BCUT2D eigenvalue weighted by Gasteiger charge is 2.44. The Hall–Kier alpha value is -3.44. The summed E-state index contributed by atoms with van der Waals surface area (Å²) in [5.41, 5.74) is 9.01. The third-order valence-corrected chi connectivity index (χ3v) is 6.26. The number of carbonyl (C=O) groups is 1. The molecule has 0 bridgehead atoms. The van der Waals surface area contributed by atoms with Crippen LogP contribution in [0.15, 0.2) is 63.8 Å². The third kappa shape index (κ3) is 3.17. The smallest absolute Gasteiger partial charge is 0.271 e. The highest BCUT2D eigenvalue weighted by Crippen LogP contribution is 2.50. The van der Waals surface area contributed by atoms with Crippen LogP contribution >= 0.6 is 11.3 Å². The lowest BCUT2D eigenvalue weighted by atomic mass is 9.69. The Morgan fingerprint density at radius 3 is 2.73 bits per heavy atom. The van der Waals surface area contributed by atoms with E-state index in [9.17, 15) is 20.2 Å². The first kappa shape index (κ1) is 19.9. The average molecular weight is 420 g/mol. The van der Waals surface area contributed by atoms with Gasteiger partial charge in [0, 0.05) is 29.8 Å². The Kier molecular flexibility index (Phi) is 4.71. The molecule has 1 aliphatic carbocycles. The summed E-state index contributed by atoms with van der Waals surface area (Å²) in [6.07, 6.45) is 0.935. The number of non-ortho nitro benzene ring substituents is 1. The van der Waals surface area contributed by atoms with Crippen LogP contribution in [0.3, 0.4) is 0 Å². The van der Waals surface area contributed by atoms with Crippen molar-refractivity contribution in [3.8, 4) is 6.07 Å². The van der Waals surface area contributed by atoms with Crippen LogP contribution in [0, 0.1) is 26.9 Å². The second-order valence-electron chi connectivity index (χ2n) is 8.31. The molecule has 1 aromatic heterocycles. The molecule has 0 saturated heterocycles. The maximum Gasteiger partial charge on any atom is 0.271 e. The van der Waals surface area contributed by atoms with E-state index in [1.165, 1.54) is 23.5 Å². The molecule has 0 saturated carbocycles. The van der Waals surface area contributed by atoms with Gasteiger partial charge in [0.25, 0.3) is 5.69 Å². The van der Waals surface area contributed by atoms with Crippen LogP contribution in [0.4, 0.5) is 11.4 Å². The van der Waals surface area contributed by atoms with E-state index in [1.807, 2.05) is 30.7 Å². The number of nitrogens with two attached hydrogens (primary N) is 1. The molecule has 30 heavy (non-hydrogen) atoms. The van der Waals surface area contributed by atoms with Crippen LogP contribution in [-0.2, 0) is 4.79 Å². The predicted octanol–water partition coefficient (Wildman–Crippen LogP) is 4.60. The second-order valence-corrected chi connectivity index (χ2v) is 9.09. The molecule has 1 aromatic carbocycles. The van der Waals surface area contributed by atoms with Crippen LogP contribution in [0.5, 0.6) is 0 Å². The highest BCUT2D eigenvalue weighted by atomic mass is 32.1. The molecule has 2 aliphatic rings. The van der Waals surface area contributed by atoms with Crippen LogP contribution in [0.25, 0.3) is 0 Å². The van der Waals surface area contributed by atoms with Gasteiger partial charge < -0.3 is 5.73 Å². The molecule has 1 atom stereocenters. The van der Waals surface area contributed by atoms with Gasteiger partial charge in [0.05, 0.1) is 28.2 Å². The lowest BCUT2D eigenvalue weighted by Crippen LogP contribution is -2.42. The van der Waals surface area contributed by atoms with Crippen LogP contribution in [0.2, 0.25) is 0 Å². The first-order chi connectivity index (χ1) is 14.2. The first-order valence-electron chi connectivity index (χ1n) is 9.46. The molecule has 0 radical (unpaired) electrons. The third-order valence-electron chi connectivity index (χ3n) is 5.56. The number of nitro groups is 1. The number of hydrogen-bond donors (Lipinski definition) is 1. The molecule has 2 heterocycles. The van der Waals surface area contributed by atoms with Gasteiger partial charge in [-0.15, -0.1) is 0 Å². The van der Waals surface area contributed by atoms with Crippen molar-refractivity contribution >= 4 is 28.5 Å².